The molecule has 0 spiro atoms. The van der Waals surface area contributed by atoms with Gasteiger partial charge in [-0.25, -0.2) is 9.78 Å². The third kappa shape index (κ3) is 5.19. The van der Waals surface area contributed by atoms with Gasteiger partial charge >= 0.3 is 12.5 Å². The van der Waals surface area contributed by atoms with E-state index < -0.39 is 18.4 Å². The summed E-state index contributed by atoms with van der Waals surface area (Å²) in [6, 6.07) is 7.76. The van der Waals surface area contributed by atoms with Crippen LogP contribution in [0.15, 0.2) is 30.3 Å². The number of hydrogen-bond donors (Lipinski definition) is 3. The molecule has 0 atom stereocenters. The van der Waals surface area contributed by atoms with Crippen molar-refractivity contribution in [2.24, 2.45) is 0 Å². The molecule has 2 amide bonds. The van der Waals surface area contributed by atoms with Gasteiger partial charge < -0.3 is 25.5 Å². The number of piperazine rings is 1. The highest BCUT2D eigenvalue weighted by Gasteiger charge is 2.23. The third-order valence-electron chi connectivity index (χ3n) is 4.16. The van der Waals surface area contributed by atoms with Gasteiger partial charge in [0.05, 0.1) is 11.4 Å². The number of carboxylic acid groups (broad SMARTS) is 1. The Morgan fingerprint density at radius 3 is 2.38 bits per heavy atom. The quantitative estimate of drug-likeness (QED) is 0.630. The van der Waals surface area contributed by atoms with Crippen molar-refractivity contribution in [2.75, 3.05) is 41.7 Å². The van der Waals surface area contributed by atoms with Gasteiger partial charge in [0, 0.05) is 32.2 Å². The predicted molar refractivity (Wildman–Crippen MR) is 103 cm³/mol. The van der Waals surface area contributed by atoms with E-state index in [4.69, 9.17) is 16.7 Å². The van der Waals surface area contributed by atoms with E-state index >= 15 is 0 Å². The normalized spacial score (nSPS) is 14.1. The van der Waals surface area contributed by atoms with Gasteiger partial charge in [0.1, 0.15) is 11.0 Å². The number of para-hydroxylation sites is 2. The highest BCUT2D eigenvalue weighted by atomic mass is 35.5. The SMILES string of the molecule is O=C(Nc1ccccc1Nc1cc(Cl)nc(N2CCN(C(=O)O)CC2)n1)C(F)F. The lowest BCUT2D eigenvalue weighted by Crippen LogP contribution is -2.48. The maximum absolute atomic E-state index is 12.5. The van der Waals surface area contributed by atoms with Crippen LogP contribution in [-0.2, 0) is 4.79 Å². The van der Waals surface area contributed by atoms with Crippen molar-refractivity contribution in [1.82, 2.24) is 14.9 Å². The monoisotopic (exact) mass is 426 g/mol. The minimum Gasteiger partial charge on any atom is -0.465 e. The van der Waals surface area contributed by atoms with Crippen LogP contribution in [0.25, 0.3) is 0 Å². The summed E-state index contributed by atoms with van der Waals surface area (Å²) >= 11 is 6.09. The zero-order valence-electron chi connectivity index (χ0n) is 15.0. The highest BCUT2D eigenvalue weighted by molar-refractivity contribution is 6.29. The van der Waals surface area contributed by atoms with Gasteiger partial charge in [-0.05, 0) is 12.1 Å². The molecule has 0 saturated carbocycles. The number of nitrogens with zero attached hydrogens (tertiary/aromatic N) is 4. The maximum Gasteiger partial charge on any atom is 0.407 e. The molecule has 1 saturated heterocycles. The van der Waals surface area contributed by atoms with E-state index in [1.807, 2.05) is 0 Å². The summed E-state index contributed by atoms with van der Waals surface area (Å²) in [6.07, 6.45) is -4.13. The molecule has 0 radical (unpaired) electrons. The van der Waals surface area contributed by atoms with Gasteiger partial charge in [-0.1, -0.05) is 23.7 Å². The van der Waals surface area contributed by atoms with Gasteiger partial charge in [-0.15, -0.1) is 0 Å². The second-order valence-electron chi connectivity index (χ2n) is 6.09. The molecule has 2 heterocycles. The summed E-state index contributed by atoms with van der Waals surface area (Å²) in [4.78, 5) is 34.0. The lowest BCUT2D eigenvalue weighted by molar-refractivity contribution is -0.126. The van der Waals surface area contributed by atoms with Crippen molar-refractivity contribution in [2.45, 2.75) is 6.43 Å². The van der Waals surface area contributed by atoms with Gasteiger partial charge in [0.25, 0.3) is 5.91 Å². The van der Waals surface area contributed by atoms with Crippen LogP contribution in [0.3, 0.4) is 0 Å². The summed E-state index contributed by atoms with van der Waals surface area (Å²) in [7, 11) is 0. The topological polar surface area (TPSA) is 111 Å². The Balaban J connectivity index is 1.78. The number of anilines is 4. The van der Waals surface area contributed by atoms with Crippen molar-refractivity contribution in [3.8, 4) is 0 Å². The number of alkyl halides is 2. The van der Waals surface area contributed by atoms with E-state index in [0.29, 0.717) is 43.6 Å². The first-order chi connectivity index (χ1) is 13.8. The number of halogens is 3. The molecule has 0 bridgehead atoms. The predicted octanol–water partition coefficient (Wildman–Crippen LogP) is 2.88. The molecule has 9 nitrogen and oxygen atoms in total. The average molecular weight is 427 g/mol. The molecule has 29 heavy (non-hydrogen) atoms. The Labute approximate surface area is 169 Å². The number of rotatable bonds is 5. The number of nitrogens with one attached hydrogen (secondary N) is 2. The van der Waals surface area contributed by atoms with Gasteiger partial charge in [-0.2, -0.15) is 13.8 Å². The van der Waals surface area contributed by atoms with Crippen LogP contribution >= 0.6 is 11.6 Å². The fraction of sp³-hybridized carbons (Fsp3) is 0.294. The van der Waals surface area contributed by atoms with Crippen molar-refractivity contribution in [3.05, 3.63) is 35.5 Å². The van der Waals surface area contributed by atoms with Crippen LogP contribution in [-0.4, -0.2) is 64.6 Å². The molecule has 1 aliphatic rings. The highest BCUT2D eigenvalue weighted by Crippen LogP contribution is 2.27. The number of aromatic nitrogens is 2. The summed E-state index contributed by atoms with van der Waals surface area (Å²) in [6.45, 7) is 1.40. The zero-order valence-corrected chi connectivity index (χ0v) is 15.7. The van der Waals surface area contributed by atoms with Crippen molar-refractivity contribution in [3.63, 3.8) is 0 Å². The Hall–Kier alpha value is -3.21. The Morgan fingerprint density at radius 2 is 1.76 bits per heavy atom. The summed E-state index contributed by atoms with van der Waals surface area (Å²) in [5, 5.41) is 14.3. The molecule has 0 aliphatic carbocycles. The van der Waals surface area contributed by atoms with Gasteiger partial charge in [0.15, 0.2) is 0 Å². The minimum absolute atomic E-state index is 0.146. The molecule has 1 aliphatic heterocycles. The zero-order chi connectivity index (χ0) is 21.0. The van der Waals surface area contributed by atoms with Crippen LogP contribution in [0.5, 0.6) is 0 Å². The second-order valence-corrected chi connectivity index (χ2v) is 6.48. The summed E-state index contributed by atoms with van der Waals surface area (Å²) in [5.74, 6) is -0.824. The first-order valence-corrected chi connectivity index (χ1v) is 8.94. The minimum atomic E-state index is -3.15. The smallest absolute Gasteiger partial charge is 0.407 e. The van der Waals surface area contributed by atoms with E-state index in [0.717, 1.165) is 0 Å². The number of hydrogen-bond acceptors (Lipinski definition) is 6. The van der Waals surface area contributed by atoms with Crippen LogP contribution in [0.2, 0.25) is 5.15 Å². The average Bonchev–Trinajstić information content (AvgIpc) is 2.69. The molecule has 154 valence electrons. The summed E-state index contributed by atoms with van der Waals surface area (Å²) < 4.78 is 25.1. The van der Waals surface area contributed by atoms with E-state index in [-0.39, 0.29) is 10.8 Å². The molecule has 1 aromatic heterocycles. The third-order valence-corrected chi connectivity index (χ3v) is 4.36. The van der Waals surface area contributed by atoms with Crippen LogP contribution in [0, 0.1) is 0 Å². The molecular weight excluding hydrogens is 410 g/mol. The molecule has 1 aromatic carbocycles. The standard InChI is InChI=1S/C17H17ClF2N6O3/c18-12-9-13(21-10-3-1-2-4-11(10)22-15(27)14(19)20)24-16(23-12)25-5-7-26(8-6-25)17(28)29/h1-4,9,14H,5-8H2,(H,22,27)(H,28,29)(H,21,23,24). The molecule has 3 rings (SSSR count). The maximum atomic E-state index is 12.5. The van der Waals surface area contributed by atoms with E-state index in [2.05, 4.69) is 20.6 Å². The fourth-order valence-electron chi connectivity index (χ4n) is 2.74. The number of carbonyl (C=O) groups excluding carboxylic acids is 1. The Bertz CT molecular complexity index is 908. The molecule has 1 fully saturated rings. The lowest BCUT2D eigenvalue weighted by atomic mass is 10.2. The largest absolute Gasteiger partial charge is 0.465 e. The van der Waals surface area contributed by atoms with E-state index in [1.165, 1.54) is 17.0 Å². The molecule has 0 unspecified atom stereocenters. The van der Waals surface area contributed by atoms with Gasteiger partial charge in [-0.3, -0.25) is 4.79 Å². The molecule has 2 aromatic rings. The molecular formula is C17H17ClF2N6O3. The van der Waals surface area contributed by atoms with Crippen molar-refractivity contribution < 1.29 is 23.5 Å². The first kappa shape index (κ1) is 20.5. The van der Waals surface area contributed by atoms with Crippen LogP contribution in [0.4, 0.5) is 36.7 Å². The van der Waals surface area contributed by atoms with Crippen molar-refractivity contribution >= 4 is 46.7 Å². The second kappa shape index (κ2) is 8.86. The van der Waals surface area contributed by atoms with Gasteiger partial charge in [0.2, 0.25) is 5.95 Å². The first-order valence-electron chi connectivity index (χ1n) is 8.56. The van der Waals surface area contributed by atoms with E-state index in [9.17, 15) is 18.4 Å². The lowest BCUT2D eigenvalue weighted by Gasteiger charge is -2.33. The molecule has 3 N–H and O–H groups in total. The van der Waals surface area contributed by atoms with E-state index in [1.54, 1.807) is 23.1 Å². The fourth-order valence-corrected chi connectivity index (χ4v) is 2.91. The molecule has 12 heteroatoms. The number of benzene rings is 1. The van der Waals surface area contributed by atoms with Crippen LogP contribution < -0.4 is 15.5 Å². The van der Waals surface area contributed by atoms with Crippen molar-refractivity contribution in [1.29, 1.82) is 0 Å². The Morgan fingerprint density at radius 1 is 1.10 bits per heavy atom. The number of carbonyl (C=O) groups is 2. The van der Waals surface area contributed by atoms with Crippen LogP contribution in [0.1, 0.15) is 0 Å². The Kier molecular flexibility index (Phi) is 6.27. The number of amides is 2. The summed E-state index contributed by atoms with van der Waals surface area (Å²) in [5.41, 5.74) is 0.502.